The predicted octanol–water partition coefficient (Wildman–Crippen LogP) is 16.0. The second-order valence-electron chi connectivity index (χ2n) is 19.3. The SMILES string of the molecule is CCCCCCCCC/C=C/CC/C=C/CCCC(O)C(O)C(CO)NC(=O)C(O)CCCCCCCCCCCCCCCCC/C=C\CCCCCCCCCCCCCC. The molecule has 0 aliphatic heterocycles. The molecule has 0 aliphatic carbocycles. The number of unbranched alkanes of at least 4 members (excludes halogenated alkanes) is 36. The Morgan fingerprint density at radius 2 is 0.667 bits per heavy atom. The van der Waals surface area contributed by atoms with E-state index >= 15 is 0 Å². The molecule has 0 aromatic carbocycles. The molecule has 63 heavy (non-hydrogen) atoms. The van der Waals surface area contributed by atoms with Crippen LogP contribution >= 0.6 is 0 Å². The van der Waals surface area contributed by atoms with Crippen molar-refractivity contribution < 1.29 is 25.2 Å². The normalized spacial score (nSPS) is 14.1. The standard InChI is InChI=1S/C57H109NO5/c1-3-5-7-9-11-13-15-17-19-21-22-23-24-25-26-27-28-29-30-31-32-33-34-35-37-39-41-43-45-47-49-51-55(61)57(63)58-53(52-59)56(62)54(60)50-48-46-44-42-40-38-36-20-18-16-14-12-10-8-6-4-2/h20,25-26,36,42,44,53-56,59-62H,3-19,21-24,27-35,37-41,43,45-52H2,1-2H3,(H,58,63)/b26-25-,36-20+,44-42+. The maximum Gasteiger partial charge on any atom is 0.249 e. The maximum atomic E-state index is 12.6. The molecule has 6 nitrogen and oxygen atoms in total. The zero-order valence-corrected chi connectivity index (χ0v) is 42.1. The van der Waals surface area contributed by atoms with Gasteiger partial charge in [-0.25, -0.2) is 0 Å². The van der Waals surface area contributed by atoms with Gasteiger partial charge < -0.3 is 25.7 Å². The van der Waals surface area contributed by atoms with Crippen LogP contribution in [0.1, 0.15) is 290 Å². The highest BCUT2D eigenvalue weighted by molar-refractivity contribution is 5.80. The highest BCUT2D eigenvalue weighted by Crippen LogP contribution is 2.17. The molecule has 0 aromatic heterocycles. The number of amides is 1. The number of aliphatic hydroxyl groups is 4. The van der Waals surface area contributed by atoms with Crippen LogP contribution in [0.5, 0.6) is 0 Å². The van der Waals surface area contributed by atoms with Crippen LogP contribution in [0.4, 0.5) is 0 Å². The Labute approximate surface area is 392 Å². The molecule has 0 saturated carbocycles. The molecule has 0 aromatic rings. The summed E-state index contributed by atoms with van der Waals surface area (Å²) in [6.45, 7) is 4.05. The Morgan fingerprint density at radius 3 is 1.00 bits per heavy atom. The Bertz CT molecular complexity index is 997. The largest absolute Gasteiger partial charge is 0.394 e. The first-order valence-electron chi connectivity index (χ1n) is 27.9. The second-order valence-corrected chi connectivity index (χ2v) is 19.3. The minimum Gasteiger partial charge on any atom is -0.394 e. The average Bonchev–Trinajstić information content (AvgIpc) is 3.29. The number of aliphatic hydroxyl groups excluding tert-OH is 4. The first-order valence-corrected chi connectivity index (χ1v) is 27.9. The Hall–Kier alpha value is -1.47. The molecule has 372 valence electrons. The molecule has 4 atom stereocenters. The van der Waals surface area contributed by atoms with Crippen molar-refractivity contribution >= 4 is 5.91 Å². The van der Waals surface area contributed by atoms with Crippen molar-refractivity contribution in [3.05, 3.63) is 36.5 Å². The van der Waals surface area contributed by atoms with Crippen LogP contribution in [0, 0.1) is 0 Å². The van der Waals surface area contributed by atoms with Gasteiger partial charge in [-0.15, -0.1) is 0 Å². The van der Waals surface area contributed by atoms with Crippen LogP contribution in [-0.2, 0) is 4.79 Å². The first kappa shape index (κ1) is 61.5. The van der Waals surface area contributed by atoms with Gasteiger partial charge in [-0.3, -0.25) is 4.79 Å². The molecule has 0 aliphatic rings. The number of hydrogen-bond acceptors (Lipinski definition) is 5. The monoisotopic (exact) mass is 888 g/mol. The molecular formula is C57H109NO5. The molecule has 0 bridgehead atoms. The summed E-state index contributed by atoms with van der Waals surface area (Å²) in [5, 5.41) is 43.8. The number of hydrogen-bond donors (Lipinski definition) is 5. The lowest BCUT2D eigenvalue weighted by Gasteiger charge is -2.27. The third kappa shape index (κ3) is 45.5. The summed E-state index contributed by atoms with van der Waals surface area (Å²) < 4.78 is 0. The van der Waals surface area contributed by atoms with E-state index < -0.39 is 36.9 Å². The van der Waals surface area contributed by atoms with Gasteiger partial charge in [-0.05, 0) is 77.0 Å². The van der Waals surface area contributed by atoms with Crippen molar-refractivity contribution in [3.8, 4) is 0 Å². The summed E-state index contributed by atoms with van der Waals surface area (Å²) in [4.78, 5) is 12.6. The quantitative estimate of drug-likeness (QED) is 0.0309. The maximum absolute atomic E-state index is 12.6. The van der Waals surface area contributed by atoms with Crippen LogP contribution < -0.4 is 5.32 Å². The van der Waals surface area contributed by atoms with Gasteiger partial charge in [0.2, 0.25) is 5.91 Å². The van der Waals surface area contributed by atoms with Crippen molar-refractivity contribution in [2.75, 3.05) is 6.61 Å². The molecule has 0 rings (SSSR count). The zero-order valence-electron chi connectivity index (χ0n) is 42.1. The summed E-state index contributed by atoms with van der Waals surface area (Å²) in [5.74, 6) is -0.595. The number of rotatable bonds is 51. The molecule has 0 heterocycles. The van der Waals surface area contributed by atoms with Gasteiger partial charge in [0.1, 0.15) is 12.2 Å². The summed E-state index contributed by atoms with van der Waals surface area (Å²) >= 11 is 0. The predicted molar refractivity (Wildman–Crippen MR) is 274 cm³/mol. The van der Waals surface area contributed by atoms with Crippen LogP contribution in [0.25, 0.3) is 0 Å². The van der Waals surface area contributed by atoms with Crippen LogP contribution in [0.3, 0.4) is 0 Å². The minimum absolute atomic E-state index is 0.362. The summed E-state index contributed by atoms with van der Waals surface area (Å²) in [6.07, 6.45) is 63.6. The van der Waals surface area contributed by atoms with Crippen LogP contribution in [-0.4, -0.2) is 57.3 Å². The van der Waals surface area contributed by atoms with Gasteiger partial charge in [0.15, 0.2) is 0 Å². The molecule has 1 amide bonds. The van der Waals surface area contributed by atoms with Gasteiger partial charge in [-0.1, -0.05) is 249 Å². The van der Waals surface area contributed by atoms with Gasteiger partial charge in [0.25, 0.3) is 0 Å². The summed E-state index contributed by atoms with van der Waals surface area (Å²) in [6, 6.07) is -1.01. The van der Waals surface area contributed by atoms with E-state index in [1.807, 2.05) is 0 Å². The van der Waals surface area contributed by atoms with E-state index in [1.165, 1.54) is 218 Å². The van der Waals surface area contributed by atoms with Crippen LogP contribution in [0.15, 0.2) is 36.5 Å². The van der Waals surface area contributed by atoms with Crippen LogP contribution in [0.2, 0.25) is 0 Å². The molecule has 6 heteroatoms. The van der Waals surface area contributed by atoms with Crippen molar-refractivity contribution in [2.45, 2.75) is 314 Å². The topological polar surface area (TPSA) is 110 Å². The first-order chi connectivity index (χ1) is 31.0. The van der Waals surface area contributed by atoms with E-state index in [9.17, 15) is 25.2 Å². The third-order valence-corrected chi connectivity index (χ3v) is 13.1. The van der Waals surface area contributed by atoms with Gasteiger partial charge >= 0.3 is 0 Å². The number of carbonyl (C=O) groups is 1. The number of allylic oxidation sites excluding steroid dienone is 6. The Kier molecular flexibility index (Phi) is 50.3. The van der Waals surface area contributed by atoms with E-state index in [2.05, 4.69) is 55.6 Å². The van der Waals surface area contributed by atoms with E-state index in [0.717, 1.165) is 38.5 Å². The lowest BCUT2D eigenvalue weighted by molar-refractivity contribution is -0.132. The fourth-order valence-corrected chi connectivity index (χ4v) is 8.65. The van der Waals surface area contributed by atoms with E-state index in [-0.39, 0.29) is 0 Å². The lowest BCUT2D eigenvalue weighted by atomic mass is 10.00. The van der Waals surface area contributed by atoms with E-state index in [0.29, 0.717) is 19.3 Å². The van der Waals surface area contributed by atoms with Gasteiger partial charge in [-0.2, -0.15) is 0 Å². The highest BCUT2D eigenvalue weighted by Gasteiger charge is 2.28. The molecule has 4 unspecified atom stereocenters. The summed E-state index contributed by atoms with van der Waals surface area (Å²) in [5.41, 5.74) is 0. The van der Waals surface area contributed by atoms with Gasteiger partial charge in [0, 0.05) is 0 Å². The van der Waals surface area contributed by atoms with Gasteiger partial charge in [0.05, 0.1) is 18.8 Å². The fourth-order valence-electron chi connectivity index (χ4n) is 8.65. The van der Waals surface area contributed by atoms with Crippen molar-refractivity contribution in [1.82, 2.24) is 5.32 Å². The highest BCUT2D eigenvalue weighted by atomic mass is 16.3. The molecule has 0 saturated heterocycles. The zero-order chi connectivity index (χ0) is 45.9. The van der Waals surface area contributed by atoms with E-state index in [4.69, 9.17) is 0 Å². The fraction of sp³-hybridized carbons (Fsp3) is 0.877. The number of nitrogens with one attached hydrogen (secondary N) is 1. The number of carbonyl (C=O) groups excluding carboxylic acids is 1. The smallest absolute Gasteiger partial charge is 0.249 e. The molecule has 0 fully saturated rings. The molecule has 0 spiro atoms. The lowest BCUT2D eigenvalue weighted by Crippen LogP contribution is -2.53. The third-order valence-electron chi connectivity index (χ3n) is 13.1. The minimum atomic E-state index is -1.29. The molecular weight excluding hydrogens is 779 g/mol. The summed E-state index contributed by atoms with van der Waals surface area (Å²) in [7, 11) is 0. The molecule has 0 radical (unpaired) electrons. The van der Waals surface area contributed by atoms with Crippen molar-refractivity contribution in [2.24, 2.45) is 0 Å². The van der Waals surface area contributed by atoms with Crippen molar-refractivity contribution in [1.29, 1.82) is 0 Å². The average molecular weight is 889 g/mol. The second kappa shape index (κ2) is 51.5. The molecule has 5 N–H and O–H groups in total. The van der Waals surface area contributed by atoms with Crippen molar-refractivity contribution in [3.63, 3.8) is 0 Å². The van der Waals surface area contributed by atoms with E-state index in [1.54, 1.807) is 0 Å². The Balaban J connectivity index is 3.62. The Morgan fingerprint density at radius 1 is 0.381 bits per heavy atom.